The van der Waals surface area contributed by atoms with E-state index in [1.807, 2.05) is 23.9 Å². The third-order valence-corrected chi connectivity index (χ3v) is 2.78. The summed E-state index contributed by atoms with van der Waals surface area (Å²) in [4.78, 5) is 14.7. The van der Waals surface area contributed by atoms with Crippen LogP contribution in [-0.2, 0) is 7.05 Å². The number of hydrogen-bond donors (Lipinski definition) is 0. The molecule has 66 valence electrons. The Labute approximate surface area is 88.9 Å². The van der Waals surface area contributed by atoms with E-state index in [2.05, 4.69) is 27.6 Å². The van der Waals surface area contributed by atoms with E-state index in [1.54, 1.807) is 6.20 Å². The number of nitrogens with zero attached hydrogens (tertiary/aromatic N) is 2. The van der Waals surface area contributed by atoms with E-state index in [-0.39, 0.29) is 0 Å². The van der Waals surface area contributed by atoms with E-state index in [0.29, 0.717) is 5.56 Å². The highest BCUT2D eigenvalue weighted by atomic mass is 127. The molecule has 0 unspecified atom stereocenters. The monoisotopic (exact) mass is 286 g/mol. The summed E-state index contributed by atoms with van der Waals surface area (Å²) < 4.78 is 3.07. The van der Waals surface area contributed by atoms with E-state index in [0.717, 1.165) is 20.9 Å². The van der Waals surface area contributed by atoms with Crippen LogP contribution >= 0.6 is 22.6 Å². The Kier molecular flexibility index (Phi) is 2.07. The van der Waals surface area contributed by atoms with Crippen LogP contribution < -0.4 is 0 Å². The van der Waals surface area contributed by atoms with Gasteiger partial charge in [0.2, 0.25) is 0 Å². The minimum atomic E-state index is 0.622. The first kappa shape index (κ1) is 8.68. The highest BCUT2D eigenvalue weighted by molar-refractivity contribution is 14.1. The standard InChI is InChI=1S/C9H7IN2O/c1-12-4-8(10)7-2-6(5-13)3-11-9(7)12/h2-5H,1H3. The summed E-state index contributed by atoms with van der Waals surface area (Å²) in [6.07, 6.45) is 4.40. The van der Waals surface area contributed by atoms with Crippen LogP contribution in [0.25, 0.3) is 11.0 Å². The molecule has 0 bridgehead atoms. The number of carbonyl (C=O) groups is 1. The molecule has 0 fully saturated rings. The molecule has 0 spiro atoms. The van der Waals surface area contributed by atoms with Gasteiger partial charge in [-0.25, -0.2) is 4.98 Å². The molecule has 2 heterocycles. The highest BCUT2D eigenvalue weighted by Gasteiger charge is 2.05. The Morgan fingerprint density at radius 1 is 1.62 bits per heavy atom. The van der Waals surface area contributed by atoms with Gasteiger partial charge in [0.1, 0.15) is 5.65 Å². The molecule has 13 heavy (non-hydrogen) atoms. The number of carbonyl (C=O) groups excluding carboxylic acids is 1. The fourth-order valence-electron chi connectivity index (χ4n) is 1.30. The molecule has 3 nitrogen and oxygen atoms in total. The van der Waals surface area contributed by atoms with Crippen molar-refractivity contribution in [3.8, 4) is 0 Å². The Balaban J connectivity index is 2.83. The summed E-state index contributed by atoms with van der Waals surface area (Å²) >= 11 is 2.24. The average Bonchev–Trinajstić information content (AvgIpc) is 2.42. The fourth-order valence-corrected chi connectivity index (χ4v) is 2.11. The molecular formula is C9H7IN2O. The number of aldehydes is 1. The fraction of sp³-hybridized carbons (Fsp3) is 0.111. The first-order valence-corrected chi connectivity index (χ1v) is 4.86. The summed E-state index contributed by atoms with van der Waals surface area (Å²) in [6, 6.07) is 1.86. The van der Waals surface area contributed by atoms with Crippen LogP contribution in [0.4, 0.5) is 0 Å². The summed E-state index contributed by atoms with van der Waals surface area (Å²) in [7, 11) is 1.94. The van der Waals surface area contributed by atoms with Gasteiger partial charge < -0.3 is 4.57 Å². The van der Waals surface area contributed by atoms with Crippen molar-refractivity contribution >= 4 is 39.9 Å². The molecule has 0 N–H and O–H groups in total. The molecule has 2 rings (SSSR count). The van der Waals surface area contributed by atoms with Gasteiger partial charge in [-0.15, -0.1) is 0 Å². The zero-order chi connectivity index (χ0) is 9.42. The third kappa shape index (κ3) is 1.35. The van der Waals surface area contributed by atoms with Gasteiger partial charge in [-0.05, 0) is 28.7 Å². The van der Waals surface area contributed by atoms with Crippen molar-refractivity contribution in [2.75, 3.05) is 0 Å². The molecule has 2 aromatic heterocycles. The van der Waals surface area contributed by atoms with Gasteiger partial charge >= 0.3 is 0 Å². The molecule has 0 radical (unpaired) electrons. The molecule has 4 heteroatoms. The normalized spacial score (nSPS) is 10.6. The van der Waals surface area contributed by atoms with Crippen molar-refractivity contribution in [3.63, 3.8) is 0 Å². The molecule has 0 saturated carbocycles. The number of rotatable bonds is 1. The predicted molar refractivity (Wildman–Crippen MR) is 58.8 cm³/mol. The molecule has 0 aliphatic rings. The lowest BCUT2D eigenvalue weighted by atomic mass is 10.2. The summed E-state index contributed by atoms with van der Waals surface area (Å²) in [5.41, 5.74) is 1.53. The number of fused-ring (bicyclic) bond motifs is 1. The van der Waals surface area contributed by atoms with Crippen molar-refractivity contribution in [1.29, 1.82) is 0 Å². The number of halogens is 1. The van der Waals surface area contributed by atoms with E-state index in [1.165, 1.54) is 0 Å². The SMILES string of the molecule is Cn1cc(I)c2cc(C=O)cnc21. The quantitative estimate of drug-likeness (QED) is 0.593. The smallest absolute Gasteiger partial charge is 0.151 e. The van der Waals surface area contributed by atoms with Crippen LogP contribution in [0.1, 0.15) is 10.4 Å². The van der Waals surface area contributed by atoms with Crippen molar-refractivity contribution in [3.05, 3.63) is 27.6 Å². The first-order chi connectivity index (χ1) is 6.22. The molecular weight excluding hydrogens is 279 g/mol. The minimum absolute atomic E-state index is 0.622. The van der Waals surface area contributed by atoms with Gasteiger partial charge in [0.05, 0.1) is 0 Å². The van der Waals surface area contributed by atoms with Crippen LogP contribution in [-0.4, -0.2) is 15.8 Å². The average molecular weight is 286 g/mol. The lowest BCUT2D eigenvalue weighted by molar-refractivity contribution is 0.112. The van der Waals surface area contributed by atoms with Crippen molar-refractivity contribution in [2.24, 2.45) is 7.05 Å². The first-order valence-electron chi connectivity index (χ1n) is 3.78. The minimum Gasteiger partial charge on any atom is -0.334 e. The van der Waals surface area contributed by atoms with Crippen molar-refractivity contribution in [2.45, 2.75) is 0 Å². The van der Waals surface area contributed by atoms with E-state index in [4.69, 9.17) is 0 Å². The van der Waals surface area contributed by atoms with Crippen molar-refractivity contribution < 1.29 is 4.79 Å². The van der Waals surface area contributed by atoms with Crippen molar-refractivity contribution in [1.82, 2.24) is 9.55 Å². The summed E-state index contributed by atoms with van der Waals surface area (Å²) in [5.74, 6) is 0. The van der Waals surface area contributed by atoms with E-state index in [9.17, 15) is 4.79 Å². The van der Waals surface area contributed by atoms with Gasteiger partial charge in [0.15, 0.2) is 6.29 Å². The maximum atomic E-state index is 10.5. The number of hydrogen-bond acceptors (Lipinski definition) is 2. The Morgan fingerprint density at radius 3 is 3.08 bits per heavy atom. The van der Waals surface area contributed by atoms with Gasteiger partial charge in [0.25, 0.3) is 0 Å². The second-order valence-electron chi connectivity index (χ2n) is 2.85. The van der Waals surface area contributed by atoms with Crippen LogP contribution in [0.2, 0.25) is 0 Å². The largest absolute Gasteiger partial charge is 0.334 e. The Hall–Kier alpha value is -0.910. The highest BCUT2D eigenvalue weighted by Crippen LogP contribution is 2.20. The Morgan fingerprint density at radius 2 is 2.38 bits per heavy atom. The molecule has 0 amide bonds. The number of aryl methyl sites for hydroxylation is 1. The zero-order valence-electron chi connectivity index (χ0n) is 6.99. The van der Waals surface area contributed by atoms with Crippen LogP contribution in [0.3, 0.4) is 0 Å². The van der Waals surface area contributed by atoms with Crippen LogP contribution in [0, 0.1) is 3.57 Å². The topological polar surface area (TPSA) is 34.9 Å². The van der Waals surface area contributed by atoms with Gasteiger partial charge in [0, 0.05) is 34.0 Å². The number of aromatic nitrogens is 2. The van der Waals surface area contributed by atoms with Crippen LogP contribution in [0.15, 0.2) is 18.5 Å². The van der Waals surface area contributed by atoms with Gasteiger partial charge in [-0.2, -0.15) is 0 Å². The third-order valence-electron chi connectivity index (χ3n) is 1.92. The number of pyridine rings is 1. The lowest BCUT2D eigenvalue weighted by Gasteiger charge is -1.94. The van der Waals surface area contributed by atoms with E-state index < -0.39 is 0 Å². The van der Waals surface area contributed by atoms with Crippen LogP contribution in [0.5, 0.6) is 0 Å². The molecule has 0 aromatic carbocycles. The summed E-state index contributed by atoms with van der Waals surface area (Å²) in [5, 5.41) is 1.03. The van der Waals surface area contributed by atoms with E-state index >= 15 is 0 Å². The second kappa shape index (κ2) is 3.10. The molecule has 0 aliphatic carbocycles. The maximum absolute atomic E-state index is 10.5. The molecule has 2 aromatic rings. The van der Waals surface area contributed by atoms with Gasteiger partial charge in [-0.3, -0.25) is 4.79 Å². The lowest BCUT2D eigenvalue weighted by Crippen LogP contribution is -1.88. The predicted octanol–water partition coefficient (Wildman–Crippen LogP) is 1.99. The second-order valence-corrected chi connectivity index (χ2v) is 4.01. The Bertz CT molecular complexity index is 476. The van der Waals surface area contributed by atoms with Gasteiger partial charge in [-0.1, -0.05) is 0 Å². The summed E-state index contributed by atoms with van der Waals surface area (Å²) in [6.45, 7) is 0. The molecule has 0 saturated heterocycles. The zero-order valence-corrected chi connectivity index (χ0v) is 9.15. The molecule has 0 atom stereocenters. The maximum Gasteiger partial charge on any atom is 0.151 e. The molecule has 0 aliphatic heterocycles.